The van der Waals surface area contributed by atoms with E-state index in [4.69, 9.17) is 0 Å². The molecule has 0 amide bonds. The number of ketones is 2. The van der Waals surface area contributed by atoms with E-state index in [1.807, 2.05) is 0 Å². The third-order valence-corrected chi connectivity index (χ3v) is 1.18. The van der Waals surface area contributed by atoms with Gasteiger partial charge in [0.05, 0.1) is 0 Å². The molecule has 0 heterocycles. The number of rotatable bonds is 0. The van der Waals surface area contributed by atoms with Crippen LogP contribution in [0.3, 0.4) is 0 Å². The molecule has 0 saturated heterocycles. The summed E-state index contributed by atoms with van der Waals surface area (Å²) in [5.74, 6) is -12.9. The first-order valence-corrected chi connectivity index (χ1v) is 2.66. The Bertz CT molecular complexity index is 279. The van der Waals surface area contributed by atoms with Gasteiger partial charge in [0.2, 0.25) is 23.3 Å². The molecule has 14 heavy (non-hydrogen) atoms. The first kappa shape index (κ1) is 15.0. The molecular formula is C8H8F4O2. The van der Waals surface area contributed by atoms with Gasteiger partial charge in [0.15, 0.2) is 0 Å². The fourth-order valence-electron chi connectivity index (χ4n) is 0.591. The lowest BCUT2D eigenvalue weighted by molar-refractivity contribution is -0.120. The highest BCUT2D eigenvalue weighted by atomic mass is 19.2. The van der Waals surface area contributed by atoms with Gasteiger partial charge in [-0.1, -0.05) is 14.9 Å². The van der Waals surface area contributed by atoms with Crippen LogP contribution in [0.5, 0.6) is 0 Å². The Hall–Kier alpha value is -1.46. The Balaban J connectivity index is 0. The van der Waals surface area contributed by atoms with Crippen LogP contribution in [0.4, 0.5) is 17.6 Å². The van der Waals surface area contributed by atoms with Gasteiger partial charge in [-0.25, -0.2) is 0 Å². The molecule has 0 aromatic heterocycles. The summed E-state index contributed by atoms with van der Waals surface area (Å²) >= 11 is 0. The molecule has 0 fully saturated rings. The molecule has 0 aromatic carbocycles. The third kappa shape index (κ3) is 1.89. The summed E-state index contributed by atoms with van der Waals surface area (Å²) in [6.07, 6.45) is 0. The van der Waals surface area contributed by atoms with Crippen LogP contribution in [-0.2, 0) is 9.59 Å². The zero-order valence-electron chi connectivity index (χ0n) is 5.33. The molecule has 0 radical (unpaired) electrons. The van der Waals surface area contributed by atoms with Crippen molar-refractivity contribution < 1.29 is 27.2 Å². The molecule has 0 N–H and O–H groups in total. The molecule has 2 nitrogen and oxygen atoms in total. The van der Waals surface area contributed by atoms with E-state index in [0.29, 0.717) is 0 Å². The minimum Gasteiger partial charge on any atom is -0.283 e. The number of halogens is 4. The summed E-state index contributed by atoms with van der Waals surface area (Å²) in [7, 11) is 0. The molecule has 0 spiro atoms. The van der Waals surface area contributed by atoms with Gasteiger partial charge in [-0.05, 0) is 0 Å². The second-order valence-electron chi connectivity index (χ2n) is 1.91. The van der Waals surface area contributed by atoms with Crippen molar-refractivity contribution in [2.45, 2.75) is 14.9 Å². The molecular weight excluding hydrogens is 204 g/mol. The lowest BCUT2D eigenvalue weighted by atomic mass is 10.1. The van der Waals surface area contributed by atoms with Gasteiger partial charge in [-0.3, -0.25) is 9.59 Å². The van der Waals surface area contributed by atoms with E-state index in [-0.39, 0.29) is 14.9 Å². The van der Waals surface area contributed by atoms with E-state index in [1.165, 1.54) is 0 Å². The van der Waals surface area contributed by atoms with Crippen LogP contribution in [0.15, 0.2) is 23.3 Å². The lowest BCUT2D eigenvalue weighted by Gasteiger charge is -2.03. The largest absolute Gasteiger partial charge is 0.283 e. The second kappa shape index (κ2) is 4.69. The maximum atomic E-state index is 12.1. The summed E-state index contributed by atoms with van der Waals surface area (Å²) in [6, 6.07) is 0. The van der Waals surface area contributed by atoms with Crippen molar-refractivity contribution in [1.29, 1.82) is 0 Å². The number of hydrogen-bond acceptors (Lipinski definition) is 2. The van der Waals surface area contributed by atoms with E-state index in [0.717, 1.165) is 0 Å². The van der Waals surface area contributed by atoms with Crippen LogP contribution in [0, 0.1) is 0 Å². The number of Topliss-reactive ketones (excluding diaryl/α,β-unsaturated/α-hetero) is 2. The molecule has 0 aromatic rings. The molecule has 1 aliphatic rings. The predicted molar refractivity (Wildman–Crippen MR) is 42.0 cm³/mol. The number of carbonyl (C=O) groups is 2. The van der Waals surface area contributed by atoms with Crippen LogP contribution in [0.25, 0.3) is 0 Å². The molecule has 1 rings (SSSR count). The monoisotopic (exact) mass is 212 g/mol. The molecule has 0 bridgehead atoms. The van der Waals surface area contributed by atoms with Gasteiger partial charge in [-0.2, -0.15) is 17.6 Å². The Morgan fingerprint density at radius 2 is 0.714 bits per heavy atom. The topological polar surface area (TPSA) is 34.1 Å². The summed E-state index contributed by atoms with van der Waals surface area (Å²) in [6.45, 7) is 0. The molecule has 0 unspecified atom stereocenters. The van der Waals surface area contributed by atoms with Crippen LogP contribution < -0.4 is 0 Å². The normalized spacial score (nSPS) is 16.6. The highest BCUT2D eigenvalue weighted by Crippen LogP contribution is 2.27. The zero-order valence-corrected chi connectivity index (χ0v) is 5.33. The highest BCUT2D eigenvalue weighted by molar-refractivity contribution is 6.21. The quantitative estimate of drug-likeness (QED) is 0.457. The SMILES string of the molecule is C.C.O=C1C(F)=C(F)C(=O)C(F)=C1F. The van der Waals surface area contributed by atoms with E-state index in [9.17, 15) is 27.2 Å². The summed E-state index contributed by atoms with van der Waals surface area (Å²) < 4.78 is 48.6. The molecule has 1 aliphatic carbocycles. The van der Waals surface area contributed by atoms with Crippen molar-refractivity contribution >= 4 is 11.6 Å². The Morgan fingerprint density at radius 1 is 0.571 bits per heavy atom. The Labute approximate surface area is 77.9 Å². The van der Waals surface area contributed by atoms with Crippen LogP contribution in [-0.4, -0.2) is 11.6 Å². The fourth-order valence-corrected chi connectivity index (χ4v) is 0.591. The average molecular weight is 212 g/mol. The van der Waals surface area contributed by atoms with Crippen molar-refractivity contribution in [3.63, 3.8) is 0 Å². The lowest BCUT2D eigenvalue weighted by Crippen LogP contribution is -2.16. The molecule has 80 valence electrons. The Morgan fingerprint density at radius 3 is 0.857 bits per heavy atom. The van der Waals surface area contributed by atoms with Gasteiger partial charge in [0.25, 0.3) is 11.6 Å². The Kier molecular flexibility index (Phi) is 5.03. The van der Waals surface area contributed by atoms with E-state index in [1.54, 1.807) is 0 Å². The van der Waals surface area contributed by atoms with Crippen molar-refractivity contribution in [3.8, 4) is 0 Å². The number of carbonyl (C=O) groups excluding carboxylic acids is 2. The summed E-state index contributed by atoms with van der Waals surface area (Å²) in [5.41, 5.74) is 0. The molecule has 0 aliphatic heterocycles. The zero-order chi connectivity index (χ0) is 9.46. The van der Waals surface area contributed by atoms with Crippen molar-refractivity contribution in [2.24, 2.45) is 0 Å². The maximum absolute atomic E-state index is 12.1. The van der Waals surface area contributed by atoms with Crippen LogP contribution >= 0.6 is 0 Å². The van der Waals surface area contributed by atoms with E-state index >= 15 is 0 Å². The van der Waals surface area contributed by atoms with Gasteiger partial charge in [0, 0.05) is 0 Å². The van der Waals surface area contributed by atoms with Crippen LogP contribution in [0.2, 0.25) is 0 Å². The van der Waals surface area contributed by atoms with Gasteiger partial charge < -0.3 is 0 Å². The maximum Gasteiger partial charge on any atom is 0.256 e. The van der Waals surface area contributed by atoms with Crippen molar-refractivity contribution in [3.05, 3.63) is 23.3 Å². The first-order chi connectivity index (χ1) is 5.46. The summed E-state index contributed by atoms with van der Waals surface area (Å²) in [5, 5.41) is 0. The average Bonchev–Trinajstić information content (AvgIpc) is 2.08. The summed E-state index contributed by atoms with van der Waals surface area (Å²) in [4.78, 5) is 20.4. The highest BCUT2D eigenvalue weighted by Gasteiger charge is 2.36. The van der Waals surface area contributed by atoms with E-state index in [2.05, 4.69) is 0 Å². The van der Waals surface area contributed by atoms with Gasteiger partial charge in [0.1, 0.15) is 0 Å². The minimum atomic E-state index is -2.20. The third-order valence-electron chi connectivity index (χ3n) is 1.18. The van der Waals surface area contributed by atoms with Crippen molar-refractivity contribution in [2.75, 3.05) is 0 Å². The standard InChI is InChI=1S/C6F4O2.2CH4/c7-1-2(8)6(12)4(10)3(9)5(1)11;;/h;2*1H4. The van der Waals surface area contributed by atoms with Crippen LogP contribution in [0.1, 0.15) is 14.9 Å². The number of allylic oxidation sites excluding steroid dienone is 4. The van der Waals surface area contributed by atoms with E-state index < -0.39 is 34.9 Å². The predicted octanol–water partition coefficient (Wildman–Crippen LogP) is 2.71. The molecule has 0 atom stereocenters. The smallest absolute Gasteiger partial charge is 0.256 e. The van der Waals surface area contributed by atoms with Gasteiger partial charge in [-0.15, -0.1) is 0 Å². The van der Waals surface area contributed by atoms with Gasteiger partial charge >= 0.3 is 0 Å². The number of hydrogen-bond donors (Lipinski definition) is 0. The first-order valence-electron chi connectivity index (χ1n) is 2.66. The molecule has 0 saturated carbocycles. The fraction of sp³-hybridized carbons (Fsp3) is 0.250. The second-order valence-corrected chi connectivity index (χ2v) is 1.91. The molecule has 6 heteroatoms. The minimum absolute atomic E-state index is 0. The van der Waals surface area contributed by atoms with Crippen molar-refractivity contribution in [1.82, 2.24) is 0 Å².